The van der Waals surface area contributed by atoms with Crippen LogP contribution in [-0.4, -0.2) is 16.1 Å². The summed E-state index contributed by atoms with van der Waals surface area (Å²) in [5.41, 5.74) is 1.26. The van der Waals surface area contributed by atoms with Crippen molar-refractivity contribution in [2.75, 3.05) is 0 Å². The number of oxazole rings is 1. The molecule has 0 amide bonds. The minimum absolute atomic E-state index is 0.00550. The fourth-order valence-corrected chi connectivity index (χ4v) is 2.32. The van der Waals surface area contributed by atoms with E-state index in [9.17, 15) is 9.90 Å². The third kappa shape index (κ3) is 2.40. The first-order valence-electron chi connectivity index (χ1n) is 6.79. The highest BCUT2D eigenvalue weighted by atomic mass is 16.4. The minimum atomic E-state index is -1.08. The molecule has 0 unspecified atom stereocenters. The van der Waals surface area contributed by atoms with E-state index >= 15 is 0 Å². The Labute approximate surface area is 122 Å². The molecule has 0 aliphatic heterocycles. The van der Waals surface area contributed by atoms with E-state index in [0.29, 0.717) is 11.6 Å². The lowest BCUT2D eigenvalue weighted by Gasteiger charge is -2.00. The SMILES string of the molecule is CC(C)c1nc(-c2ccc3ccccc3c2)oc1C(=O)O. The van der Waals surface area contributed by atoms with Crippen LogP contribution < -0.4 is 0 Å². The standard InChI is InChI=1S/C17H15NO3/c1-10(2)14-15(17(19)20)21-16(18-14)13-8-7-11-5-3-4-6-12(11)9-13/h3-10H,1-2H3,(H,19,20). The zero-order valence-corrected chi connectivity index (χ0v) is 11.8. The van der Waals surface area contributed by atoms with E-state index in [0.717, 1.165) is 16.3 Å². The molecular weight excluding hydrogens is 266 g/mol. The molecule has 0 bridgehead atoms. The second-order valence-corrected chi connectivity index (χ2v) is 5.26. The van der Waals surface area contributed by atoms with Crippen molar-refractivity contribution in [1.29, 1.82) is 0 Å². The lowest BCUT2D eigenvalue weighted by atomic mass is 10.1. The van der Waals surface area contributed by atoms with E-state index in [1.807, 2.05) is 56.3 Å². The van der Waals surface area contributed by atoms with Gasteiger partial charge in [-0.3, -0.25) is 0 Å². The van der Waals surface area contributed by atoms with Crippen LogP contribution in [0.25, 0.3) is 22.2 Å². The maximum Gasteiger partial charge on any atom is 0.373 e. The highest BCUT2D eigenvalue weighted by molar-refractivity contribution is 5.88. The van der Waals surface area contributed by atoms with Crippen molar-refractivity contribution in [3.05, 3.63) is 53.9 Å². The third-order valence-electron chi connectivity index (χ3n) is 3.39. The number of hydrogen-bond donors (Lipinski definition) is 1. The van der Waals surface area contributed by atoms with Crippen molar-refractivity contribution in [1.82, 2.24) is 4.98 Å². The van der Waals surface area contributed by atoms with Gasteiger partial charge >= 0.3 is 5.97 Å². The summed E-state index contributed by atoms with van der Waals surface area (Å²) in [6.45, 7) is 3.79. The fourth-order valence-electron chi connectivity index (χ4n) is 2.32. The van der Waals surface area contributed by atoms with Crippen LogP contribution in [0.5, 0.6) is 0 Å². The molecule has 0 fully saturated rings. The van der Waals surface area contributed by atoms with Gasteiger partial charge < -0.3 is 9.52 Å². The topological polar surface area (TPSA) is 63.3 Å². The molecule has 0 atom stereocenters. The predicted octanol–water partition coefficient (Wildman–Crippen LogP) is 4.32. The van der Waals surface area contributed by atoms with Crippen LogP contribution in [0.2, 0.25) is 0 Å². The number of carbonyl (C=O) groups is 1. The molecule has 0 aliphatic carbocycles. The summed E-state index contributed by atoms with van der Waals surface area (Å²) in [6, 6.07) is 13.8. The predicted molar refractivity (Wildman–Crippen MR) is 80.5 cm³/mol. The number of carboxylic acid groups (broad SMARTS) is 1. The number of fused-ring (bicyclic) bond motifs is 1. The fraction of sp³-hybridized carbons (Fsp3) is 0.176. The van der Waals surface area contributed by atoms with Crippen molar-refractivity contribution < 1.29 is 14.3 Å². The van der Waals surface area contributed by atoms with Gasteiger partial charge in [0.15, 0.2) is 0 Å². The average molecular weight is 281 g/mol. The maximum absolute atomic E-state index is 11.2. The van der Waals surface area contributed by atoms with E-state index in [-0.39, 0.29) is 11.7 Å². The maximum atomic E-state index is 11.2. The van der Waals surface area contributed by atoms with E-state index in [1.54, 1.807) is 0 Å². The quantitative estimate of drug-likeness (QED) is 0.776. The molecule has 0 saturated carbocycles. The number of hydrogen-bond acceptors (Lipinski definition) is 3. The number of carboxylic acids is 1. The molecule has 3 aromatic rings. The first-order valence-corrected chi connectivity index (χ1v) is 6.79. The summed E-state index contributed by atoms with van der Waals surface area (Å²) in [5, 5.41) is 11.4. The Morgan fingerprint density at radius 1 is 1.14 bits per heavy atom. The molecule has 21 heavy (non-hydrogen) atoms. The second-order valence-electron chi connectivity index (χ2n) is 5.26. The van der Waals surface area contributed by atoms with Crippen LogP contribution in [0.1, 0.15) is 36.0 Å². The van der Waals surface area contributed by atoms with Crippen LogP contribution in [0, 0.1) is 0 Å². The van der Waals surface area contributed by atoms with Gasteiger partial charge in [-0.1, -0.05) is 44.2 Å². The summed E-state index contributed by atoms with van der Waals surface area (Å²) < 4.78 is 5.46. The lowest BCUT2D eigenvalue weighted by molar-refractivity contribution is 0.0661. The Balaban J connectivity index is 2.14. The Kier molecular flexibility index (Phi) is 3.22. The Bertz CT molecular complexity index is 818. The number of benzene rings is 2. The smallest absolute Gasteiger partial charge is 0.373 e. The van der Waals surface area contributed by atoms with Crippen molar-refractivity contribution >= 4 is 16.7 Å². The van der Waals surface area contributed by atoms with Crippen LogP contribution in [-0.2, 0) is 0 Å². The highest BCUT2D eigenvalue weighted by Crippen LogP contribution is 2.28. The third-order valence-corrected chi connectivity index (χ3v) is 3.39. The number of rotatable bonds is 3. The van der Waals surface area contributed by atoms with Gasteiger partial charge in [0, 0.05) is 5.56 Å². The van der Waals surface area contributed by atoms with Crippen LogP contribution in [0.15, 0.2) is 46.9 Å². The van der Waals surface area contributed by atoms with Crippen LogP contribution in [0.4, 0.5) is 0 Å². The van der Waals surface area contributed by atoms with Gasteiger partial charge in [-0.25, -0.2) is 9.78 Å². The van der Waals surface area contributed by atoms with Gasteiger partial charge in [-0.2, -0.15) is 0 Å². The molecule has 1 N–H and O–H groups in total. The van der Waals surface area contributed by atoms with Gasteiger partial charge in [0.1, 0.15) is 0 Å². The van der Waals surface area contributed by atoms with E-state index < -0.39 is 5.97 Å². The molecule has 3 rings (SSSR count). The zero-order chi connectivity index (χ0) is 15.0. The molecule has 0 aliphatic rings. The van der Waals surface area contributed by atoms with Gasteiger partial charge in [0.2, 0.25) is 11.7 Å². The Hall–Kier alpha value is -2.62. The minimum Gasteiger partial charge on any atom is -0.475 e. The van der Waals surface area contributed by atoms with Gasteiger partial charge in [-0.05, 0) is 28.8 Å². The molecular formula is C17H15NO3. The van der Waals surface area contributed by atoms with E-state index in [4.69, 9.17) is 4.42 Å². The van der Waals surface area contributed by atoms with Gasteiger partial charge in [0.05, 0.1) is 5.69 Å². The Morgan fingerprint density at radius 3 is 2.48 bits per heavy atom. The van der Waals surface area contributed by atoms with Gasteiger partial charge in [-0.15, -0.1) is 0 Å². The molecule has 4 heteroatoms. The largest absolute Gasteiger partial charge is 0.475 e. The van der Waals surface area contributed by atoms with Crippen molar-refractivity contribution in [3.63, 3.8) is 0 Å². The van der Waals surface area contributed by atoms with E-state index in [2.05, 4.69) is 4.98 Å². The molecule has 0 radical (unpaired) electrons. The summed E-state index contributed by atoms with van der Waals surface area (Å²) in [6.07, 6.45) is 0. The Morgan fingerprint density at radius 2 is 1.86 bits per heavy atom. The first-order chi connectivity index (χ1) is 10.1. The number of aromatic carboxylic acids is 1. The summed E-state index contributed by atoms with van der Waals surface area (Å²) in [4.78, 5) is 15.6. The van der Waals surface area contributed by atoms with E-state index in [1.165, 1.54) is 0 Å². The first kappa shape index (κ1) is 13.4. The van der Waals surface area contributed by atoms with Crippen molar-refractivity contribution in [3.8, 4) is 11.5 Å². The molecule has 1 aromatic heterocycles. The summed E-state index contributed by atoms with van der Waals surface area (Å²) >= 11 is 0. The number of nitrogens with zero attached hydrogens (tertiary/aromatic N) is 1. The van der Waals surface area contributed by atoms with Crippen molar-refractivity contribution in [2.24, 2.45) is 0 Å². The highest BCUT2D eigenvalue weighted by Gasteiger charge is 2.22. The zero-order valence-electron chi connectivity index (χ0n) is 11.8. The average Bonchev–Trinajstić information content (AvgIpc) is 2.92. The summed E-state index contributed by atoms with van der Waals surface area (Å²) in [5.74, 6) is -0.817. The molecule has 1 heterocycles. The van der Waals surface area contributed by atoms with Gasteiger partial charge in [0.25, 0.3) is 0 Å². The van der Waals surface area contributed by atoms with Crippen LogP contribution in [0.3, 0.4) is 0 Å². The van der Waals surface area contributed by atoms with Crippen LogP contribution >= 0.6 is 0 Å². The van der Waals surface area contributed by atoms with Crippen molar-refractivity contribution in [2.45, 2.75) is 19.8 Å². The molecule has 0 spiro atoms. The lowest BCUT2D eigenvalue weighted by Crippen LogP contribution is -2.01. The molecule has 106 valence electrons. The molecule has 0 saturated heterocycles. The second kappa shape index (κ2) is 5.05. The molecule has 2 aromatic carbocycles. The number of aromatic nitrogens is 1. The summed E-state index contributed by atoms with van der Waals surface area (Å²) in [7, 11) is 0. The normalized spacial score (nSPS) is 11.2. The molecule has 4 nitrogen and oxygen atoms in total. The monoisotopic (exact) mass is 281 g/mol.